The highest BCUT2D eigenvalue weighted by atomic mass is 35.5. The molecule has 1 aliphatic heterocycles. The third-order valence-electron chi connectivity index (χ3n) is 4.75. The maximum atomic E-state index is 13.0. The maximum absolute atomic E-state index is 13.0. The van der Waals surface area contributed by atoms with Crippen LogP contribution >= 0.6 is 11.6 Å². The second-order valence-electron chi connectivity index (χ2n) is 6.78. The molecule has 1 aromatic heterocycles. The van der Waals surface area contributed by atoms with E-state index in [1.54, 1.807) is 37.3 Å². The smallest absolute Gasteiger partial charge is 0.325 e. The maximum Gasteiger partial charge on any atom is 0.325 e. The highest BCUT2D eigenvalue weighted by molar-refractivity contribution is 6.30. The van der Waals surface area contributed by atoms with Crippen LogP contribution in [-0.2, 0) is 16.9 Å². The van der Waals surface area contributed by atoms with Crippen LogP contribution in [0.5, 0.6) is 0 Å². The minimum absolute atomic E-state index is 0.00958. The topological polar surface area (TPSA) is 131 Å². The molecule has 4 rings (SSSR count). The standard InChI is InChI=1S/C19H14ClN5O5/c1-19(12-5-3-6-13(20)9-12)17(26)24(18(27)22-19)10-15-21-16(23-30-15)11-4-2-7-14(8-11)25(28)29/h2-9H,10H2,1H3,(H,22,27). The first kappa shape index (κ1) is 19.5. The van der Waals surface area contributed by atoms with Crippen LogP contribution < -0.4 is 5.32 Å². The molecule has 1 fully saturated rings. The number of nitrogens with zero attached hydrogens (tertiary/aromatic N) is 4. The zero-order valence-electron chi connectivity index (χ0n) is 15.5. The molecule has 2 aromatic carbocycles. The van der Waals surface area contributed by atoms with Crippen LogP contribution in [0, 0.1) is 10.1 Å². The largest absolute Gasteiger partial charge is 0.337 e. The molecule has 1 atom stereocenters. The van der Waals surface area contributed by atoms with Gasteiger partial charge in [-0.25, -0.2) is 4.79 Å². The van der Waals surface area contributed by atoms with Gasteiger partial charge in [-0.3, -0.25) is 19.8 Å². The van der Waals surface area contributed by atoms with Gasteiger partial charge in [-0.1, -0.05) is 41.0 Å². The van der Waals surface area contributed by atoms with Crippen molar-refractivity contribution in [3.8, 4) is 11.4 Å². The normalized spacial score (nSPS) is 18.5. The molecule has 1 aliphatic rings. The summed E-state index contributed by atoms with van der Waals surface area (Å²) in [5.41, 5.74) is -0.491. The lowest BCUT2D eigenvalue weighted by Crippen LogP contribution is -2.40. The summed E-state index contributed by atoms with van der Waals surface area (Å²) in [5, 5.41) is 17.8. The quantitative estimate of drug-likeness (QED) is 0.375. The second-order valence-corrected chi connectivity index (χ2v) is 7.21. The summed E-state index contributed by atoms with van der Waals surface area (Å²) in [6.45, 7) is 1.34. The molecular weight excluding hydrogens is 414 g/mol. The summed E-state index contributed by atoms with van der Waals surface area (Å²) in [6.07, 6.45) is 0. The van der Waals surface area contributed by atoms with E-state index >= 15 is 0 Å². The lowest BCUT2D eigenvalue weighted by molar-refractivity contribution is -0.384. The number of halogens is 1. The number of nitro benzene ring substituents is 1. The molecule has 0 bridgehead atoms. The number of carbonyl (C=O) groups excluding carboxylic acids is 2. The molecule has 1 unspecified atom stereocenters. The van der Waals surface area contributed by atoms with E-state index in [4.69, 9.17) is 16.1 Å². The minimum atomic E-state index is -1.29. The number of non-ortho nitro benzene ring substituents is 1. The average molecular weight is 428 g/mol. The Bertz CT molecular complexity index is 1180. The van der Waals surface area contributed by atoms with Gasteiger partial charge in [0, 0.05) is 22.7 Å². The summed E-state index contributed by atoms with van der Waals surface area (Å²) in [5.74, 6) is -0.376. The predicted octanol–water partition coefficient (Wildman–Crippen LogP) is 3.27. The Balaban J connectivity index is 1.57. The van der Waals surface area contributed by atoms with E-state index in [-0.39, 0.29) is 23.9 Å². The SMILES string of the molecule is CC1(c2cccc(Cl)c2)NC(=O)N(Cc2nc(-c3cccc([N+](=O)[O-])c3)no2)C1=O. The molecule has 0 aliphatic carbocycles. The molecule has 152 valence electrons. The van der Waals surface area contributed by atoms with Crippen LogP contribution in [0.25, 0.3) is 11.4 Å². The summed E-state index contributed by atoms with van der Waals surface area (Å²) >= 11 is 6.01. The van der Waals surface area contributed by atoms with Gasteiger partial charge in [-0.05, 0) is 24.6 Å². The Kier molecular flexibility index (Phi) is 4.70. The number of carbonyl (C=O) groups is 2. The first-order valence-electron chi connectivity index (χ1n) is 8.75. The Morgan fingerprint density at radius 2 is 2.00 bits per heavy atom. The first-order chi connectivity index (χ1) is 14.3. The van der Waals surface area contributed by atoms with Crippen molar-refractivity contribution >= 4 is 29.2 Å². The van der Waals surface area contributed by atoms with E-state index in [1.165, 1.54) is 18.2 Å². The molecular formula is C19H14ClN5O5. The number of nitrogens with one attached hydrogen (secondary N) is 1. The van der Waals surface area contributed by atoms with Crippen LogP contribution in [0.3, 0.4) is 0 Å². The van der Waals surface area contributed by atoms with Gasteiger partial charge in [0.05, 0.1) is 4.92 Å². The van der Waals surface area contributed by atoms with E-state index in [9.17, 15) is 19.7 Å². The zero-order chi connectivity index (χ0) is 21.5. The molecule has 3 aromatic rings. The van der Waals surface area contributed by atoms with E-state index in [2.05, 4.69) is 15.5 Å². The van der Waals surface area contributed by atoms with E-state index in [0.717, 1.165) is 4.90 Å². The third kappa shape index (κ3) is 3.37. The predicted molar refractivity (Wildman–Crippen MR) is 104 cm³/mol. The fraction of sp³-hybridized carbons (Fsp3) is 0.158. The van der Waals surface area contributed by atoms with E-state index < -0.39 is 22.4 Å². The van der Waals surface area contributed by atoms with E-state index in [0.29, 0.717) is 16.1 Å². The molecule has 11 heteroatoms. The van der Waals surface area contributed by atoms with Crippen molar-refractivity contribution in [1.82, 2.24) is 20.4 Å². The molecule has 2 heterocycles. The highest BCUT2D eigenvalue weighted by Gasteiger charge is 2.49. The number of hydrogen-bond donors (Lipinski definition) is 1. The number of nitro groups is 1. The van der Waals surface area contributed by atoms with Gasteiger partial charge in [0.2, 0.25) is 11.7 Å². The van der Waals surface area contributed by atoms with Crippen molar-refractivity contribution in [1.29, 1.82) is 0 Å². The van der Waals surface area contributed by atoms with Gasteiger partial charge in [-0.15, -0.1) is 0 Å². The lowest BCUT2D eigenvalue weighted by atomic mass is 9.92. The Labute approximate surface area is 174 Å². The molecule has 3 amide bonds. The molecule has 0 saturated carbocycles. The number of urea groups is 1. The molecule has 30 heavy (non-hydrogen) atoms. The van der Waals surface area contributed by atoms with Crippen LogP contribution in [0.15, 0.2) is 53.1 Å². The fourth-order valence-electron chi connectivity index (χ4n) is 3.17. The summed E-state index contributed by atoms with van der Waals surface area (Å²) < 4.78 is 5.15. The molecule has 10 nitrogen and oxygen atoms in total. The molecule has 1 N–H and O–H groups in total. The van der Waals surface area contributed by atoms with Crippen molar-refractivity contribution in [2.75, 3.05) is 0 Å². The highest BCUT2D eigenvalue weighted by Crippen LogP contribution is 2.31. The van der Waals surface area contributed by atoms with Crippen molar-refractivity contribution in [3.63, 3.8) is 0 Å². The minimum Gasteiger partial charge on any atom is -0.337 e. The Morgan fingerprint density at radius 1 is 1.23 bits per heavy atom. The van der Waals surface area contributed by atoms with Crippen LogP contribution in [0.2, 0.25) is 5.02 Å². The monoisotopic (exact) mass is 427 g/mol. The fourth-order valence-corrected chi connectivity index (χ4v) is 3.36. The van der Waals surface area contributed by atoms with E-state index in [1.807, 2.05) is 0 Å². The number of benzene rings is 2. The van der Waals surface area contributed by atoms with Gasteiger partial charge < -0.3 is 9.84 Å². The van der Waals surface area contributed by atoms with Crippen LogP contribution in [-0.4, -0.2) is 31.9 Å². The average Bonchev–Trinajstić information content (AvgIpc) is 3.27. The number of aromatic nitrogens is 2. The number of rotatable bonds is 5. The summed E-state index contributed by atoms with van der Waals surface area (Å²) in [6, 6.07) is 11.8. The van der Waals surface area contributed by atoms with Crippen molar-refractivity contribution in [3.05, 3.63) is 75.1 Å². The first-order valence-corrected chi connectivity index (χ1v) is 9.13. The second kappa shape index (κ2) is 7.23. The zero-order valence-corrected chi connectivity index (χ0v) is 16.3. The Morgan fingerprint density at radius 3 is 2.73 bits per heavy atom. The van der Waals surface area contributed by atoms with Crippen molar-refractivity contribution in [2.24, 2.45) is 0 Å². The molecule has 1 saturated heterocycles. The number of imide groups is 1. The molecule has 0 spiro atoms. The van der Waals surface area contributed by atoms with Gasteiger partial charge in [0.1, 0.15) is 12.1 Å². The van der Waals surface area contributed by atoms with Crippen molar-refractivity contribution < 1.29 is 19.0 Å². The number of amides is 3. The third-order valence-corrected chi connectivity index (χ3v) is 4.99. The van der Waals surface area contributed by atoms with Crippen LogP contribution in [0.4, 0.5) is 10.5 Å². The Hall–Kier alpha value is -3.79. The summed E-state index contributed by atoms with van der Waals surface area (Å²) in [4.78, 5) is 41.0. The van der Waals surface area contributed by atoms with Crippen molar-refractivity contribution in [2.45, 2.75) is 19.0 Å². The lowest BCUT2D eigenvalue weighted by Gasteiger charge is -2.22. The number of hydrogen-bond acceptors (Lipinski definition) is 7. The van der Waals surface area contributed by atoms with Gasteiger partial charge in [0.15, 0.2) is 0 Å². The van der Waals surface area contributed by atoms with Gasteiger partial charge in [0.25, 0.3) is 11.6 Å². The summed E-state index contributed by atoms with van der Waals surface area (Å²) in [7, 11) is 0. The van der Waals surface area contributed by atoms with Gasteiger partial charge >= 0.3 is 6.03 Å². The van der Waals surface area contributed by atoms with Gasteiger partial charge in [-0.2, -0.15) is 4.98 Å². The molecule has 0 radical (unpaired) electrons. The van der Waals surface area contributed by atoms with Crippen LogP contribution in [0.1, 0.15) is 18.4 Å².